The molecule has 0 saturated carbocycles. The first-order chi connectivity index (χ1) is 8.99. The van der Waals surface area contributed by atoms with Gasteiger partial charge in [-0.3, -0.25) is 4.79 Å². The molecule has 4 nitrogen and oxygen atoms in total. The molecule has 0 bridgehead atoms. The number of benzene rings is 1. The van der Waals surface area contributed by atoms with Crippen molar-refractivity contribution in [3.8, 4) is 0 Å². The molecule has 1 aromatic rings. The van der Waals surface area contributed by atoms with Crippen LogP contribution >= 0.6 is 0 Å². The molecule has 0 radical (unpaired) electrons. The minimum atomic E-state index is -2.58. The predicted octanol–water partition coefficient (Wildman–Crippen LogP) is 2.20. The second-order valence-electron chi connectivity index (χ2n) is 4.46. The van der Waals surface area contributed by atoms with E-state index in [-0.39, 0.29) is 30.9 Å². The standard InChI is InChI=1S/C13H13F2NO3/c14-12(15)9-3-1-2-8(6-9)7-16-10(13(18)19)4-5-11(16)17/h1-3,6,10,12H,4-5,7H2,(H,18,19). The smallest absolute Gasteiger partial charge is 0.326 e. The summed E-state index contributed by atoms with van der Waals surface area (Å²) < 4.78 is 25.1. The number of aliphatic carboxylic acids is 1. The number of carbonyl (C=O) groups excluding carboxylic acids is 1. The van der Waals surface area contributed by atoms with Gasteiger partial charge in [0.25, 0.3) is 6.43 Å². The van der Waals surface area contributed by atoms with E-state index in [1.807, 2.05) is 0 Å². The number of nitrogens with zero attached hydrogens (tertiary/aromatic N) is 1. The number of alkyl halides is 2. The summed E-state index contributed by atoms with van der Waals surface area (Å²) in [4.78, 5) is 23.9. The summed E-state index contributed by atoms with van der Waals surface area (Å²) in [7, 11) is 0. The van der Waals surface area contributed by atoms with E-state index in [2.05, 4.69) is 0 Å². The van der Waals surface area contributed by atoms with E-state index in [1.54, 1.807) is 6.07 Å². The Balaban J connectivity index is 2.17. The van der Waals surface area contributed by atoms with Crippen molar-refractivity contribution >= 4 is 11.9 Å². The number of carbonyl (C=O) groups is 2. The lowest BCUT2D eigenvalue weighted by molar-refractivity contribution is -0.146. The second kappa shape index (κ2) is 5.34. The summed E-state index contributed by atoms with van der Waals surface area (Å²) in [6.45, 7) is 0.0519. The molecule has 1 fully saturated rings. The molecule has 1 atom stereocenters. The highest BCUT2D eigenvalue weighted by Gasteiger charge is 2.35. The largest absolute Gasteiger partial charge is 0.480 e. The third kappa shape index (κ3) is 2.89. The van der Waals surface area contributed by atoms with Gasteiger partial charge in [-0.15, -0.1) is 0 Å². The molecule has 1 amide bonds. The molecule has 6 heteroatoms. The quantitative estimate of drug-likeness (QED) is 0.911. The summed E-state index contributed by atoms with van der Waals surface area (Å²) in [6, 6.07) is 4.83. The van der Waals surface area contributed by atoms with Crippen molar-refractivity contribution in [1.29, 1.82) is 0 Å². The number of carboxylic acid groups (broad SMARTS) is 1. The molecule has 2 rings (SSSR count). The van der Waals surface area contributed by atoms with Gasteiger partial charge in [0.1, 0.15) is 6.04 Å². The van der Waals surface area contributed by atoms with E-state index >= 15 is 0 Å². The lowest BCUT2D eigenvalue weighted by Gasteiger charge is -2.21. The summed E-state index contributed by atoms with van der Waals surface area (Å²) in [5, 5.41) is 9.01. The molecule has 1 N–H and O–H groups in total. The first kappa shape index (κ1) is 13.5. The van der Waals surface area contributed by atoms with E-state index in [0.29, 0.717) is 5.56 Å². The highest BCUT2D eigenvalue weighted by molar-refractivity contribution is 5.87. The average molecular weight is 269 g/mol. The van der Waals surface area contributed by atoms with Crippen molar-refractivity contribution in [3.05, 3.63) is 35.4 Å². The summed E-state index contributed by atoms with van der Waals surface area (Å²) in [5.74, 6) is -1.31. The van der Waals surface area contributed by atoms with Crippen molar-refractivity contribution in [2.24, 2.45) is 0 Å². The van der Waals surface area contributed by atoms with Crippen LogP contribution in [-0.4, -0.2) is 27.9 Å². The Labute approximate surface area is 108 Å². The summed E-state index contributed by atoms with van der Waals surface area (Å²) in [6.07, 6.45) is -2.13. The maximum Gasteiger partial charge on any atom is 0.326 e. The fourth-order valence-electron chi connectivity index (χ4n) is 2.21. The topological polar surface area (TPSA) is 57.6 Å². The van der Waals surface area contributed by atoms with Crippen molar-refractivity contribution in [3.63, 3.8) is 0 Å². The molecule has 19 heavy (non-hydrogen) atoms. The van der Waals surface area contributed by atoms with Crippen LogP contribution in [0.4, 0.5) is 8.78 Å². The lowest BCUT2D eigenvalue weighted by Crippen LogP contribution is -2.37. The molecule has 1 heterocycles. The minimum absolute atomic E-state index is 0.0519. The second-order valence-corrected chi connectivity index (χ2v) is 4.46. The number of hydrogen-bond acceptors (Lipinski definition) is 2. The van der Waals surface area contributed by atoms with Crippen LogP contribution < -0.4 is 0 Å². The molecule has 1 saturated heterocycles. The highest BCUT2D eigenvalue weighted by atomic mass is 19.3. The third-order valence-corrected chi connectivity index (χ3v) is 3.17. The molecule has 0 spiro atoms. The van der Waals surface area contributed by atoms with E-state index in [0.717, 1.165) is 0 Å². The van der Waals surface area contributed by atoms with Crippen LogP contribution in [0.25, 0.3) is 0 Å². The Morgan fingerprint density at radius 2 is 2.21 bits per heavy atom. The van der Waals surface area contributed by atoms with Crippen LogP contribution in [0.5, 0.6) is 0 Å². The van der Waals surface area contributed by atoms with Crippen LogP contribution in [-0.2, 0) is 16.1 Å². The zero-order valence-electron chi connectivity index (χ0n) is 10.1. The lowest BCUT2D eigenvalue weighted by atomic mass is 10.1. The van der Waals surface area contributed by atoms with E-state index in [9.17, 15) is 18.4 Å². The Morgan fingerprint density at radius 1 is 1.47 bits per heavy atom. The molecular weight excluding hydrogens is 256 g/mol. The Bertz CT molecular complexity index is 504. The minimum Gasteiger partial charge on any atom is -0.480 e. The van der Waals surface area contributed by atoms with Crippen LogP contribution in [0.1, 0.15) is 30.4 Å². The van der Waals surface area contributed by atoms with Gasteiger partial charge in [0, 0.05) is 18.5 Å². The maximum absolute atomic E-state index is 12.6. The highest BCUT2D eigenvalue weighted by Crippen LogP contribution is 2.24. The predicted molar refractivity (Wildman–Crippen MR) is 62.6 cm³/mol. The van der Waals surface area contributed by atoms with Gasteiger partial charge >= 0.3 is 5.97 Å². The molecule has 102 valence electrons. The SMILES string of the molecule is O=C(O)C1CCC(=O)N1Cc1cccc(C(F)F)c1. The van der Waals surface area contributed by atoms with E-state index in [4.69, 9.17) is 5.11 Å². The van der Waals surface area contributed by atoms with Crippen molar-refractivity contribution < 1.29 is 23.5 Å². The van der Waals surface area contributed by atoms with Crippen molar-refractivity contribution in [2.75, 3.05) is 0 Å². The fourth-order valence-corrected chi connectivity index (χ4v) is 2.21. The monoisotopic (exact) mass is 269 g/mol. The number of hydrogen-bond donors (Lipinski definition) is 1. The van der Waals surface area contributed by atoms with Gasteiger partial charge < -0.3 is 10.0 Å². The molecular formula is C13H13F2NO3. The zero-order valence-corrected chi connectivity index (χ0v) is 10.1. The van der Waals surface area contributed by atoms with Gasteiger partial charge in [0.05, 0.1) is 0 Å². The van der Waals surface area contributed by atoms with Crippen LogP contribution in [0, 0.1) is 0 Å². The first-order valence-corrected chi connectivity index (χ1v) is 5.88. The van der Waals surface area contributed by atoms with Crippen LogP contribution in [0.2, 0.25) is 0 Å². The maximum atomic E-state index is 12.6. The average Bonchev–Trinajstić information content (AvgIpc) is 2.71. The van der Waals surface area contributed by atoms with Crippen LogP contribution in [0.3, 0.4) is 0 Å². The molecule has 0 aromatic heterocycles. The van der Waals surface area contributed by atoms with Gasteiger partial charge in [0.15, 0.2) is 0 Å². The fraction of sp³-hybridized carbons (Fsp3) is 0.385. The molecule has 1 aromatic carbocycles. The first-order valence-electron chi connectivity index (χ1n) is 5.88. The normalized spacial score (nSPS) is 19.2. The molecule has 1 aliphatic heterocycles. The summed E-state index contributed by atoms with van der Waals surface area (Å²) in [5.41, 5.74) is 0.385. The Morgan fingerprint density at radius 3 is 2.84 bits per heavy atom. The van der Waals surface area contributed by atoms with E-state index in [1.165, 1.54) is 23.1 Å². The number of likely N-dealkylation sites (tertiary alicyclic amines) is 1. The van der Waals surface area contributed by atoms with Gasteiger partial charge in [-0.25, -0.2) is 13.6 Å². The molecule has 1 unspecified atom stereocenters. The van der Waals surface area contributed by atoms with Crippen LogP contribution in [0.15, 0.2) is 24.3 Å². The van der Waals surface area contributed by atoms with Crippen molar-refractivity contribution in [2.45, 2.75) is 31.9 Å². The van der Waals surface area contributed by atoms with Gasteiger partial charge in [-0.1, -0.05) is 18.2 Å². The van der Waals surface area contributed by atoms with Gasteiger partial charge in [0.2, 0.25) is 5.91 Å². The Hall–Kier alpha value is -1.98. The third-order valence-electron chi connectivity index (χ3n) is 3.17. The number of amides is 1. The van der Waals surface area contributed by atoms with Crippen molar-refractivity contribution in [1.82, 2.24) is 4.90 Å². The van der Waals surface area contributed by atoms with Gasteiger partial charge in [-0.2, -0.15) is 0 Å². The Kier molecular flexibility index (Phi) is 3.78. The number of halogens is 2. The van der Waals surface area contributed by atoms with E-state index < -0.39 is 18.4 Å². The summed E-state index contributed by atoms with van der Waals surface area (Å²) >= 11 is 0. The molecule has 0 aliphatic carbocycles. The number of rotatable bonds is 4. The zero-order chi connectivity index (χ0) is 14.0. The molecule has 1 aliphatic rings. The van der Waals surface area contributed by atoms with Gasteiger partial charge in [-0.05, 0) is 18.1 Å². The number of carboxylic acids is 1.